The van der Waals surface area contributed by atoms with Crippen molar-refractivity contribution < 1.29 is 9.47 Å². The van der Waals surface area contributed by atoms with Crippen molar-refractivity contribution in [3.63, 3.8) is 0 Å². The minimum Gasteiger partial charge on any atom is -0.488 e. The normalized spacial score (nSPS) is 21.4. The molecule has 0 radical (unpaired) electrons. The van der Waals surface area contributed by atoms with E-state index in [1.54, 1.807) is 29.4 Å². The summed E-state index contributed by atoms with van der Waals surface area (Å²) in [6.45, 7) is 3.22. The molecule has 2 aliphatic rings. The maximum atomic E-state index is 6.53. The van der Waals surface area contributed by atoms with Crippen molar-refractivity contribution in [2.75, 3.05) is 36.5 Å². The van der Waals surface area contributed by atoms with Gasteiger partial charge in [0.25, 0.3) is 0 Å². The zero-order chi connectivity index (χ0) is 22.0. The second-order valence-electron chi connectivity index (χ2n) is 8.50. The molecule has 170 valence electrons. The maximum Gasteiger partial charge on any atom is 0.226 e. The molecule has 1 N–H and O–H groups in total. The van der Waals surface area contributed by atoms with E-state index < -0.39 is 0 Å². The number of nitrogens with zero attached hydrogens (tertiary/aromatic N) is 7. The van der Waals surface area contributed by atoms with Crippen molar-refractivity contribution in [2.45, 2.75) is 37.8 Å². The van der Waals surface area contributed by atoms with Gasteiger partial charge in [-0.25, -0.2) is 15.0 Å². The highest BCUT2D eigenvalue weighted by molar-refractivity contribution is 5.85. The van der Waals surface area contributed by atoms with Crippen LogP contribution in [0.2, 0.25) is 0 Å². The summed E-state index contributed by atoms with van der Waals surface area (Å²) in [5.41, 5.74) is 3.58. The molecule has 0 spiro atoms. The van der Waals surface area contributed by atoms with Crippen LogP contribution in [0.5, 0.6) is 5.75 Å². The molecule has 0 unspecified atom stereocenters. The Bertz CT molecular complexity index is 1250. The maximum absolute atomic E-state index is 6.53. The highest BCUT2D eigenvalue weighted by Gasteiger charge is 2.25. The van der Waals surface area contributed by atoms with Crippen LogP contribution < -0.4 is 15.0 Å². The Kier molecular flexibility index (Phi) is 5.35. The molecule has 1 aromatic carbocycles. The van der Waals surface area contributed by atoms with Crippen molar-refractivity contribution >= 4 is 28.3 Å². The van der Waals surface area contributed by atoms with Crippen LogP contribution in [0.25, 0.3) is 16.7 Å². The minimum absolute atomic E-state index is 0.142. The Morgan fingerprint density at radius 3 is 2.67 bits per heavy atom. The van der Waals surface area contributed by atoms with E-state index in [9.17, 15) is 0 Å². The first-order chi connectivity index (χ1) is 16.3. The van der Waals surface area contributed by atoms with Crippen molar-refractivity contribution in [2.24, 2.45) is 0 Å². The number of rotatable bonds is 5. The summed E-state index contributed by atoms with van der Waals surface area (Å²) >= 11 is 0. The molecule has 1 aliphatic carbocycles. The lowest BCUT2D eigenvalue weighted by atomic mass is 9.93. The number of aromatic nitrogens is 6. The van der Waals surface area contributed by atoms with Crippen LogP contribution >= 0.6 is 0 Å². The molecule has 10 heteroatoms. The van der Waals surface area contributed by atoms with Crippen LogP contribution in [0.3, 0.4) is 0 Å². The summed E-state index contributed by atoms with van der Waals surface area (Å²) in [7, 11) is 0. The average molecular weight is 447 g/mol. The molecule has 4 heterocycles. The Balaban J connectivity index is 1.16. The zero-order valence-electron chi connectivity index (χ0n) is 18.3. The summed E-state index contributed by atoms with van der Waals surface area (Å²) < 4.78 is 13.8. The molecule has 2 fully saturated rings. The van der Waals surface area contributed by atoms with E-state index in [4.69, 9.17) is 9.47 Å². The van der Waals surface area contributed by atoms with Crippen LogP contribution in [0.4, 0.5) is 11.6 Å². The second-order valence-corrected chi connectivity index (χ2v) is 8.50. The molecule has 33 heavy (non-hydrogen) atoms. The zero-order valence-corrected chi connectivity index (χ0v) is 18.3. The van der Waals surface area contributed by atoms with Crippen molar-refractivity contribution in [1.82, 2.24) is 29.5 Å². The lowest BCUT2D eigenvalue weighted by molar-refractivity contribution is 0.122. The van der Waals surface area contributed by atoms with Gasteiger partial charge in [-0.3, -0.25) is 4.98 Å². The molecule has 1 saturated carbocycles. The largest absolute Gasteiger partial charge is 0.488 e. The first-order valence-corrected chi connectivity index (χ1v) is 11.5. The molecule has 3 aromatic heterocycles. The van der Waals surface area contributed by atoms with Crippen LogP contribution in [0, 0.1) is 0 Å². The van der Waals surface area contributed by atoms with E-state index in [-0.39, 0.29) is 6.10 Å². The lowest BCUT2D eigenvalue weighted by Crippen LogP contribution is -2.36. The SMILES string of the molecule is c1cc2ncnn2c(NC2CCC(Oc3cc(N4CCOCC4)cc4nccnc34)CC2)n1. The Morgan fingerprint density at radius 1 is 0.939 bits per heavy atom. The Morgan fingerprint density at radius 2 is 1.79 bits per heavy atom. The Labute approximate surface area is 191 Å². The van der Waals surface area contributed by atoms with E-state index in [1.165, 1.54) is 0 Å². The van der Waals surface area contributed by atoms with Crippen molar-refractivity contribution in [1.29, 1.82) is 0 Å². The number of hydrogen-bond donors (Lipinski definition) is 1. The van der Waals surface area contributed by atoms with Gasteiger partial charge in [-0.1, -0.05) is 0 Å². The van der Waals surface area contributed by atoms with Gasteiger partial charge < -0.3 is 19.7 Å². The van der Waals surface area contributed by atoms with Gasteiger partial charge in [0.05, 0.1) is 24.8 Å². The van der Waals surface area contributed by atoms with E-state index in [0.717, 1.165) is 86.1 Å². The molecule has 1 saturated heterocycles. The molecular formula is C23H26N8O2. The monoisotopic (exact) mass is 446 g/mol. The first kappa shape index (κ1) is 20.1. The van der Waals surface area contributed by atoms with Gasteiger partial charge in [-0.15, -0.1) is 0 Å². The van der Waals surface area contributed by atoms with Crippen LogP contribution in [0.15, 0.2) is 43.1 Å². The third kappa shape index (κ3) is 4.13. The van der Waals surface area contributed by atoms with Gasteiger partial charge in [0.15, 0.2) is 5.65 Å². The quantitative estimate of drug-likeness (QED) is 0.496. The van der Waals surface area contributed by atoms with Gasteiger partial charge in [0.1, 0.15) is 17.6 Å². The van der Waals surface area contributed by atoms with Gasteiger partial charge >= 0.3 is 0 Å². The fourth-order valence-electron chi connectivity index (χ4n) is 4.66. The molecule has 1 aliphatic heterocycles. The number of fused-ring (bicyclic) bond motifs is 2. The molecule has 6 rings (SSSR count). The van der Waals surface area contributed by atoms with Crippen LogP contribution in [-0.2, 0) is 4.74 Å². The van der Waals surface area contributed by atoms with Crippen LogP contribution in [-0.4, -0.2) is 68.0 Å². The standard InChI is InChI=1S/C23H26N8O2/c1-3-18(4-2-16(1)29-23-26-6-5-21-27-15-28-31(21)23)33-20-14-17(30-9-11-32-12-10-30)13-19-22(20)25-8-7-24-19/h5-8,13-16,18H,1-4,9-12H2,(H,26,29). The number of benzene rings is 1. The molecular weight excluding hydrogens is 420 g/mol. The van der Waals surface area contributed by atoms with Crippen LogP contribution in [0.1, 0.15) is 25.7 Å². The molecule has 0 amide bonds. The summed E-state index contributed by atoms with van der Waals surface area (Å²) in [6.07, 6.45) is 10.8. The van der Waals surface area contributed by atoms with E-state index in [2.05, 4.69) is 47.4 Å². The molecule has 4 aromatic rings. The van der Waals surface area contributed by atoms with Gasteiger partial charge in [-0.2, -0.15) is 9.61 Å². The number of hydrogen-bond acceptors (Lipinski definition) is 9. The molecule has 0 atom stereocenters. The van der Waals surface area contributed by atoms with E-state index >= 15 is 0 Å². The first-order valence-electron chi connectivity index (χ1n) is 11.5. The highest BCUT2D eigenvalue weighted by Crippen LogP contribution is 2.33. The fraction of sp³-hybridized carbons (Fsp3) is 0.435. The third-order valence-electron chi connectivity index (χ3n) is 6.40. The Hall–Kier alpha value is -3.53. The molecule has 0 bridgehead atoms. The summed E-state index contributed by atoms with van der Waals surface area (Å²) in [5, 5.41) is 7.79. The predicted molar refractivity (Wildman–Crippen MR) is 124 cm³/mol. The number of anilines is 2. The van der Waals surface area contributed by atoms with E-state index in [0.29, 0.717) is 6.04 Å². The van der Waals surface area contributed by atoms with Crippen molar-refractivity contribution in [3.05, 3.63) is 43.1 Å². The lowest BCUT2D eigenvalue weighted by Gasteiger charge is -2.31. The minimum atomic E-state index is 0.142. The third-order valence-corrected chi connectivity index (χ3v) is 6.40. The van der Waals surface area contributed by atoms with Gasteiger partial charge in [-0.05, 0) is 31.7 Å². The number of ether oxygens (including phenoxy) is 2. The second kappa shape index (κ2) is 8.78. The van der Waals surface area contributed by atoms with E-state index in [1.807, 2.05) is 6.07 Å². The fourth-order valence-corrected chi connectivity index (χ4v) is 4.66. The summed E-state index contributed by atoms with van der Waals surface area (Å²) in [4.78, 5) is 20.1. The summed E-state index contributed by atoms with van der Waals surface area (Å²) in [6, 6.07) is 6.38. The summed E-state index contributed by atoms with van der Waals surface area (Å²) in [5.74, 6) is 1.54. The van der Waals surface area contributed by atoms with Crippen molar-refractivity contribution in [3.8, 4) is 5.75 Å². The smallest absolute Gasteiger partial charge is 0.226 e. The van der Waals surface area contributed by atoms with Gasteiger partial charge in [0.2, 0.25) is 5.95 Å². The number of morpholine rings is 1. The highest BCUT2D eigenvalue weighted by atomic mass is 16.5. The van der Waals surface area contributed by atoms with Gasteiger partial charge in [0, 0.05) is 55.5 Å². The topological polar surface area (TPSA) is 103 Å². The molecule has 10 nitrogen and oxygen atoms in total. The number of nitrogens with one attached hydrogen (secondary N) is 1. The predicted octanol–water partition coefficient (Wildman–Crippen LogP) is 2.71. The average Bonchev–Trinajstić information content (AvgIpc) is 3.36.